The van der Waals surface area contributed by atoms with Crippen LogP contribution >= 0.6 is 8.13 Å². The van der Waals surface area contributed by atoms with Gasteiger partial charge in [0.1, 0.15) is 0 Å². The van der Waals surface area contributed by atoms with E-state index in [1.807, 2.05) is 20.8 Å². The highest BCUT2D eigenvalue weighted by Gasteiger charge is 2.40. The van der Waals surface area contributed by atoms with Gasteiger partial charge in [0.05, 0.1) is 7.74 Å². The lowest BCUT2D eigenvalue weighted by molar-refractivity contribution is 0.0708. The largest absolute Gasteiger partial charge is 0.500 e. The third kappa shape index (κ3) is 9.32. The van der Waals surface area contributed by atoms with Gasteiger partial charge in [-0.2, -0.15) is 0 Å². The topological polar surface area (TPSA) is 27.7 Å². The van der Waals surface area contributed by atoms with Crippen LogP contribution in [0.5, 0.6) is 0 Å². The van der Waals surface area contributed by atoms with E-state index in [2.05, 4.69) is 26.6 Å². The maximum Gasteiger partial charge on any atom is 0.500 e. The number of hydrogen-bond donors (Lipinski definition) is 0. The molecule has 0 amide bonds. The molecule has 0 aromatic heterocycles. The molecular formula is C13H33O3PSi2. The lowest BCUT2D eigenvalue weighted by atomic mass is 10.4. The van der Waals surface area contributed by atoms with Crippen LogP contribution in [-0.4, -0.2) is 42.0 Å². The minimum Gasteiger partial charge on any atom is -0.374 e. The first-order valence-electron chi connectivity index (χ1n) is 7.48. The van der Waals surface area contributed by atoms with Crippen molar-refractivity contribution in [2.24, 2.45) is 0 Å². The Hall–Kier alpha value is 0.744. The molecule has 2 atom stereocenters. The summed E-state index contributed by atoms with van der Waals surface area (Å²) in [4.78, 5) is 0. The van der Waals surface area contributed by atoms with Crippen LogP contribution in [0.2, 0.25) is 25.7 Å². The standard InChI is InChI=1S/C13H33O3PSi2/c1-8-14-19(15-9-2,16-10-3)12-11-13(4)17-18(5,6)7/h13,17H,8-12H2,1-7H3. The molecule has 0 aliphatic carbocycles. The van der Waals surface area contributed by atoms with Crippen molar-refractivity contribution in [2.75, 3.05) is 19.8 Å². The minimum absolute atomic E-state index is 0.677. The fourth-order valence-electron chi connectivity index (χ4n) is 2.21. The highest BCUT2D eigenvalue weighted by atomic mass is 31.3. The van der Waals surface area contributed by atoms with Crippen molar-refractivity contribution in [3.8, 4) is 0 Å². The molecule has 0 radical (unpaired) electrons. The summed E-state index contributed by atoms with van der Waals surface area (Å²) in [5.41, 5.74) is 0.764. The molecule has 0 aromatic carbocycles. The minimum atomic E-state index is -2.41. The molecule has 0 bridgehead atoms. The molecule has 0 fully saturated rings. The van der Waals surface area contributed by atoms with E-state index in [4.69, 9.17) is 13.3 Å². The van der Waals surface area contributed by atoms with Crippen molar-refractivity contribution in [2.45, 2.75) is 65.5 Å². The number of rotatable bonds is 11. The van der Waals surface area contributed by atoms with E-state index in [1.165, 1.54) is 0 Å². The van der Waals surface area contributed by atoms with E-state index in [9.17, 15) is 0 Å². The average Bonchev–Trinajstić information content (AvgIpc) is 2.25. The summed E-state index contributed by atoms with van der Waals surface area (Å²) in [6.45, 7) is 17.8. The Balaban J connectivity index is 4.45. The quantitative estimate of drug-likeness (QED) is 0.418. The molecule has 0 N–H and O–H groups in total. The predicted molar refractivity (Wildman–Crippen MR) is 91.2 cm³/mol. The van der Waals surface area contributed by atoms with E-state index in [0.29, 0.717) is 19.8 Å². The second kappa shape index (κ2) is 9.64. The van der Waals surface area contributed by atoms with Gasteiger partial charge in [0.2, 0.25) is 0 Å². The Bertz CT molecular complexity index is 217. The summed E-state index contributed by atoms with van der Waals surface area (Å²) in [6, 6.07) is 0.959. The third-order valence-corrected chi connectivity index (χ3v) is 11.5. The zero-order valence-corrected chi connectivity index (χ0v) is 16.8. The summed E-state index contributed by atoms with van der Waals surface area (Å²) in [5.74, 6) is 0. The average molecular weight is 325 g/mol. The van der Waals surface area contributed by atoms with E-state index in [-0.39, 0.29) is 0 Å². The first-order valence-corrected chi connectivity index (χ1v) is 15.0. The van der Waals surface area contributed by atoms with Gasteiger partial charge in [-0.15, -0.1) is 8.13 Å². The molecule has 0 aromatic rings. The molecule has 2 unspecified atom stereocenters. The summed E-state index contributed by atoms with van der Waals surface area (Å²) < 4.78 is 17.7. The van der Waals surface area contributed by atoms with Gasteiger partial charge < -0.3 is 13.3 Å². The second-order valence-electron chi connectivity index (χ2n) is 5.82. The van der Waals surface area contributed by atoms with Crippen LogP contribution in [-0.2, 0) is 13.3 Å². The smallest absolute Gasteiger partial charge is 0.374 e. The zero-order chi connectivity index (χ0) is 14.9. The number of hydrogen-bond acceptors (Lipinski definition) is 3. The SMILES string of the molecule is CCO[Si](CCC(C)P[Si](C)(C)C)(OCC)OCC. The summed E-state index contributed by atoms with van der Waals surface area (Å²) in [6.07, 6.45) is 1.16. The van der Waals surface area contributed by atoms with Crippen LogP contribution in [0.25, 0.3) is 0 Å². The Morgan fingerprint density at radius 3 is 1.63 bits per heavy atom. The normalized spacial score (nSPS) is 15.3. The fraction of sp³-hybridized carbons (Fsp3) is 1.00. The van der Waals surface area contributed by atoms with Gasteiger partial charge >= 0.3 is 8.80 Å². The van der Waals surface area contributed by atoms with Crippen molar-refractivity contribution < 1.29 is 13.3 Å². The third-order valence-electron chi connectivity index (χ3n) is 2.66. The summed E-state index contributed by atoms with van der Waals surface area (Å²) in [7, 11) is -2.26. The maximum atomic E-state index is 5.90. The highest BCUT2D eigenvalue weighted by Crippen LogP contribution is 2.35. The predicted octanol–water partition coefficient (Wildman–Crippen LogP) is 4.33. The molecule has 0 spiro atoms. The van der Waals surface area contributed by atoms with Crippen LogP contribution in [0.15, 0.2) is 0 Å². The van der Waals surface area contributed by atoms with Gasteiger partial charge in [-0.1, -0.05) is 26.6 Å². The van der Waals surface area contributed by atoms with Gasteiger partial charge in [-0.25, -0.2) is 0 Å². The molecule has 116 valence electrons. The zero-order valence-electron chi connectivity index (χ0n) is 13.8. The molecule has 0 saturated carbocycles. The lowest BCUT2D eigenvalue weighted by Gasteiger charge is -2.30. The molecule has 6 heteroatoms. The van der Waals surface area contributed by atoms with Crippen LogP contribution in [0.4, 0.5) is 0 Å². The molecule has 3 nitrogen and oxygen atoms in total. The van der Waals surface area contributed by atoms with Crippen molar-refractivity contribution in [1.29, 1.82) is 0 Å². The van der Waals surface area contributed by atoms with E-state index in [0.717, 1.165) is 26.3 Å². The molecular weight excluding hydrogens is 291 g/mol. The molecule has 0 rings (SSSR count). The molecule has 0 aliphatic heterocycles. The molecule has 19 heavy (non-hydrogen) atoms. The van der Waals surface area contributed by atoms with Gasteiger partial charge in [-0.05, 0) is 32.9 Å². The van der Waals surface area contributed by atoms with Crippen molar-refractivity contribution in [3.05, 3.63) is 0 Å². The highest BCUT2D eigenvalue weighted by molar-refractivity contribution is 7.81. The van der Waals surface area contributed by atoms with Crippen LogP contribution in [0.3, 0.4) is 0 Å². The Kier molecular flexibility index (Phi) is 10.0. The van der Waals surface area contributed by atoms with E-state index in [1.54, 1.807) is 0 Å². The molecule has 0 aliphatic rings. The Morgan fingerprint density at radius 2 is 1.32 bits per heavy atom. The first kappa shape index (κ1) is 19.7. The van der Waals surface area contributed by atoms with Crippen molar-refractivity contribution in [1.82, 2.24) is 0 Å². The van der Waals surface area contributed by atoms with Crippen LogP contribution < -0.4 is 0 Å². The van der Waals surface area contributed by atoms with E-state index < -0.39 is 16.5 Å². The van der Waals surface area contributed by atoms with Gasteiger partial charge in [0, 0.05) is 25.9 Å². The van der Waals surface area contributed by atoms with E-state index >= 15 is 0 Å². The van der Waals surface area contributed by atoms with Gasteiger partial charge in [0.25, 0.3) is 0 Å². The maximum absolute atomic E-state index is 5.90. The second-order valence-corrected chi connectivity index (χ2v) is 19.7. The van der Waals surface area contributed by atoms with Crippen molar-refractivity contribution in [3.63, 3.8) is 0 Å². The molecule has 0 heterocycles. The lowest BCUT2D eigenvalue weighted by Crippen LogP contribution is -2.46. The Morgan fingerprint density at radius 1 is 0.895 bits per heavy atom. The van der Waals surface area contributed by atoms with Crippen LogP contribution in [0.1, 0.15) is 34.1 Å². The van der Waals surface area contributed by atoms with Gasteiger partial charge in [-0.3, -0.25) is 0 Å². The first-order chi connectivity index (χ1) is 8.78. The monoisotopic (exact) mass is 324 g/mol. The van der Waals surface area contributed by atoms with Crippen molar-refractivity contribution >= 4 is 24.7 Å². The Labute approximate surface area is 123 Å². The molecule has 0 saturated heterocycles. The fourth-order valence-corrected chi connectivity index (χ4v) is 11.9. The summed E-state index contributed by atoms with van der Waals surface area (Å²) in [5, 5.41) is 0. The van der Waals surface area contributed by atoms with Crippen LogP contribution in [0, 0.1) is 0 Å². The summed E-state index contributed by atoms with van der Waals surface area (Å²) >= 11 is 0. The van der Waals surface area contributed by atoms with Gasteiger partial charge in [0.15, 0.2) is 0 Å².